The summed E-state index contributed by atoms with van der Waals surface area (Å²) in [4.78, 5) is 24.8. The second-order valence-corrected chi connectivity index (χ2v) is 4.68. The molecule has 0 unspecified atom stereocenters. The summed E-state index contributed by atoms with van der Waals surface area (Å²) >= 11 is 0.845. The molecule has 0 spiro atoms. The highest BCUT2D eigenvalue weighted by atomic mass is 32.1. The first-order valence-electron chi connectivity index (χ1n) is 5.40. The maximum Gasteiger partial charge on any atom is 0.573 e. The van der Waals surface area contributed by atoms with Gasteiger partial charge in [-0.2, -0.15) is 5.32 Å². The van der Waals surface area contributed by atoms with E-state index in [-0.39, 0.29) is 15.7 Å². The number of carbonyl (C=O) groups is 1. The van der Waals surface area contributed by atoms with Gasteiger partial charge in [0.15, 0.2) is 0 Å². The lowest BCUT2D eigenvalue weighted by Gasteiger charge is -2.10. The van der Waals surface area contributed by atoms with Crippen molar-refractivity contribution in [2.75, 3.05) is 5.32 Å². The molecular weight excluding hydrogens is 311 g/mol. The number of ether oxygens (including phenoxy) is 1. The molecule has 0 saturated heterocycles. The van der Waals surface area contributed by atoms with Crippen LogP contribution in [0, 0.1) is 4.91 Å². The maximum atomic E-state index is 12.3. The fourth-order valence-corrected chi connectivity index (χ4v) is 2.06. The van der Waals surface area contributed by atoms with Crippen molar-refractivity contribution in [2.24, 2.45) is 5.18 Å². The highest BCUT2D eigenvalue weighted by molar-refractivity contribution is 7.18. The fourth-order valence-electron chi connectivity index (χ4n) is 1.44. The van der Waals surface area contributed by atoms with Gasteiger partial charge in [-0.1, -0.05) is 12.1 Å². The molecule has 0 aliphatic heterocycles. The van der Waals surface area contributed by atoms with Crippen molar-refractivity contribution in [3.8, 4) is 5.75 Å². The number of hydrogen-bond acceptors (Lipinski definition) is 5. The quantitative estimate of drug-likeness (QED) is 0.879. The number of carbonyl (C=O) groups excluding carboxylic acids is 1. The zero-order valence-corrected chi connectivity index (χ0v) is 10.9. The van der Waals surface area contributed by atoms with Gasteiger partial charge >= 0.3 is 17.4 Å². The van der Waals surface area contributed by atoms with E-state index in [1.54, 1.807) is 0 Å². The molecule has 6 nitrogen and oxygen atoms in total. The Hall–Kier alpha value is -2.49. The number of halogens is 3. The Bertz CT molecular complexity index is 672. The molecule has 0 radical (unpaired) electrons. The summed E-state index contributed by atoms with van der Waals surface area (Å²) < 4.78 is 40.5. The predicted molar refractivity (Wildman–Crippen MR) is 67.4 cm³/mol. The molecule has 0 bridgehead atoms. The Kier molecular flexibility index (Phi) is 4.17. The van der Waals surface area contributed by atoms with E-state index >= 15 is 0 Å². The third-order valence-corrected chi connectivity index (χ3v) is 3.03. The smallest absolute Gasteiger partial charge is 0.405 e. The molecule has 110 valence electrons. The molecule has 1 amide bonds. The van der Waals surface area contributed by atoms with Crippen LogP contribution in [0.15, 0.2) is 35.6 Å². The number of thiazole rings is 1. The lowest BCUT2D eigenvalue weighted by atomic mass is 10.2. The van der Waals surface area contributed by atoms with Crippen molar-refractivity contribution in [3.63, 3.8) is 0 Å². The van der Waals surface area contributed by atoms with Gasteiger partial charge in [0, 0.05) is 0 Å². The Morgan fingerprint density at radius 1 is 1.33 bits per heavy atom. The number of nitroso groups, excluding NO2 is 1. The van der Waals surface area contributed by atoms with Crippen molar-refractivity contribution in [1.29, 1.82) is 0 Å². The first-order valence-corrected chi connectivity index (χ1v) is 6.21. The molecule has 0 aliphatic rings. The van der Waals surface area contributed by atoms with Gasteiger partial charge in [-0.05, 0) is 28.6 Å². The van der Waals surface area contributed by atoms with E-state index in [0.717, 1.165) is 17.4 Å². The highest BCUT2D eigenvalue weighted by Gasteiger charge is 2.33. The number of para-hydroxylation sites is 1. The van der Waals surface area contributed by atoms with Crippen LogP contribution in [0.5, 0.6) is 5.75 Å². The maximum absolute atomic E-state index is 12.3. The van der Waals surface area contributed by atoms with Crippen LogP contribution in [0.4, 0.5) is 23.3 Å². The van der Waals surface area contributed by atoms with Crippen LogP contribution in [-0.2, 0) is 0 Å². The second-order valence-electron chi connectivity index (χ2n) is 3.65. The summed E-state index contributed by atoms with van der Waals surface area (Å²) in [7, 11) is 0. The number of H-pyrrole nitrogens is 1. The molecule has 2 rings (SSSR count). The van der Waals surface area contributed by atoms with E-state index < -0.39 is 18.0 Å². The van der Waals surface area contributed by atoms with E-state index in [0.29, 0.717) is 0 Å². The number of alkyl halides is 3. The van der Waals surface area contributed by atoms with Crippen molar-refractivity contribution < 1.29 is 27.7 Å². The zero-order valence-electron chi connectivity index (χ0n) is 10.1. The number of anilines is 1. The third-order valence-electron chi connectivity index (χ3n) is 2.21. The van der Waals surface area contributed by atoms with Crippen molar-refractivity contribution in [2.45, 2.75) is 6.36 Å². The normalized spacial score (nSPS) is 11.0. The van der Waals surface area contributed by atoms with Crippen LogP contribution in [0.2, 0.25) is 0 Å². The molecule has 1 aromatic heterocycles. The van der Waals surface area contributed by atoms with E-state index in [2.05, 4.69) is 20.2 Å². The Morgan fingerprint density at radius 3 is 2.67 bits per heavy atom. The van der Waals surface area contributed by atoms with Gasteiger partial charge in [0.05, 0.1) is 0 Å². The third kappa shape index (κ3) is 3.99. The van der Waals surface area contributed by atoms with Crippen molar-refractivity contribution >= 4 is 27.4 Å². The van der Waals surface area contributed by atoms with Gasteiger partial charge < -0.3 is 4.74 Å². The van der Waals surface area contributed by atoms with Crippen molar-refractivity contribution in [3.05, 3.63) is 40.9 Å². The SMILES string of the molecule is O=Nc1c[nH+]c(NC(=O)c2ccccc2OC(F)(F)F)s1. The summed E-state index contributed by atoms with van der Waals surface area (Å²) in [6, 6.07) is 4.92. The molecule has 2 N–H and O–H groups in total. The van der Waals surface area contributed by atoms with Crippen molar-refractivity contribution in [1.82, 2.24) is 0 Å². The number of nitrogens with zero attached hydrogens (tertiary/aromatic N) is 1. The van der Waals surface area contributed by atoms with E-state index in [9.17, 15) is 22.9 Å². The Morgan fingerprint density at radius 2 is 2.05 bits per heavy atom. The summed E-state index contributed by atoms with van der Waals surface area (Å²) in [6.45, 7) is 0. The number of amides is 1. The first-order chi connectivity index (χ1) is 9.89. The minimum atomic E-state index is -4.90. The largest absolute Gasteiger partial charge is 0.573 e. The first kappa shape index (κ1) is 14.9. The fraction of sp³-hybridized carbons (Fsp3) is 0.0909. The molecule has 1 heterocycles. The van der Waals surface area contributed by atoms with Crippen LogP contribution in [-0.4, -0.2) is 12.3 Å². The lowest BCUT2D eigenvalue weighted by Crippen LogP contribution is -2.21. The van der Waals surface area contributed by atoms with Crippen LogP contribution in [0.1, 0.15) is 10.4 Å². The standard InChI is InChI=1S/C11H6F3N3O3S/c12-11(13,14)20-7-4-2-1-3-6(7)9(18)16-10-15-5-8(17-19)21-10/h1-5H,(H,15,16,18)/p+1. The molecule has 0 fully saturated rings. The van der Waals surface area contributed by atoms with E-state index in [4.69, 9.17) is 0 Å². The van der Waals surface area contributed by atoms with Gasteiger partial charge in [0.1, 0.15) is 17.5 Å². The monoisotopic (exact) mass is 318 g/mol. The molecule has 21 heavy (non-hydrogen) atoms. The van der Waals surface area contributed by atoms with E-state index in [1.165, 1.54) is 24.4 Å². The Balaban J connectivity index is 2.20. The number of aromatic nitrogens is 1. The lowest BCUT2D eigenvalue weighted by molar-refractivity contribution is -0.353. The summed E-state index contributed by atoms with van der Waals surface area (Å²) in [5, 5.41) is 5.22. The van der Waals surface area contributed by atoms with E-state index in [1.807, 2.05) is 0 Å². The van der Waals surface area contributed by atoms with Crippen LogP contribution in [0.3, 0.4) is 0 Å². The molecular formula is C11H7F3N3O3S+. The van der Waals surface area contributed by atoms with Gasteiger partial charge in [0.2, 0.25) is 5.00 Å². The summed E-state index contributed by atoms with van der Waals surface area (Å²) in [5.74, 6) is -1.43. The molecule has 2 aromatic rings. The molecule has 0 atom stereocenters. The summed E-state index contributed by atoms with van der Waals surface area (Å²) in [6.07, 6.45) is -3.65. The van der Waals surface area contributed by atoms with Crippen LogP contribution in [0.25, 0.3) is 0 Å². The average Bonchev–Trinajstić information content (AvgIpc) is 2.85. The average molecular weight is 318 g/mol. The molecule has 0 saturated carbocycles. The molecule has 1 aromatic carbocycles. The van der Waals surface area contributed by atoms with Gasteiger partial charge in [-0.25, -0.2) is 9.78 Å². The second kappa shape index (κ2) is 5.87. The van der Waals surface area contributed by atoms with Gasteiger partial charge in [-0.3, -0.25) is 0 Å². The number of hydrogen-bond donors (Lipinski definition) is 1. The van der Waals surface area contributed by atoms with Gasteiger partial charge in [-0.15, -0.1) is 18.1 Å². The van der Waals surface area contributed by atoms with Crippen LogP contribution < -0.4 is 15.0 Å². The van der Waals surface area contributed by atoms with Crippen LogP contribution >= 0.6 is 11.3 Å². The number of benzene rings is 1. The Labute approximate surface area is 119 Å². The topological polar surface area (TPSA) is 81.9 Å². The number of nitrogens with one attached hydrogen (secondary N) is 2. The molecule has 10 heteroatoms. The molecule has 0 aliphatic carbocycles. The van der Waals surface area contributed by atoms with Gasteiger partial charge in [0.25, 0.3) is 0 Å². The minimum Gasteiger partial charge on any atom is -0.405 e. The predicted octanol–water partition coefficient (Wildman–Crippen LogP) is 3.11. The summed E-state index contributed by atoms with van der Waals surface area (Å²) in [5.41, 5.74) is -0.294. The minimum absolute atomic E-state index is 0.0881. The number of rotatable bonds is 4. The number of aromatic amines is 1. The zero-order chi connectivity index (χ0) is 15.5. The highest BCUT2D eigenvalue weighted by Crippen LogP contribution is 2.28.